The summed E-state index contributed by atoms with van der Waals surface area (Å²) >= 11 is 0. The molecule has 0 amide bonds. The maximum Gasteiger partial charge on any atom is 0.0209 e. The second kappa shape index (κ2) is 9.96. The molecule has 0 nitrogen and oxygen atoms in total. The zero-order chi connectivity index (χ0) is 8.36. The Balaban J connectivity index is 2.89. The van der Waals surface area contributed by atoms with Crippen LogP contribution in [0.25, 0.3) is 0 Å². The zero-order valence-corrected chi connectivity index (χ0v) is 9.52. The molecule has 0 heterocycles. The van der Waals surface area contributed by atoms with Gasteiger partial charge in [0.05, 0.1) is 0 Å². The van der Waals surface area contributed by atoms with Crippen molar-refractivity contribution >= 4 is 9.52 Å². The lowest BCUT2D eigenvalue weighted by Gasteiger charge is -1.93. The standard InChI is InChI=1S/C10H22Si/c1-3-4-5-6-7-8-9-10-11-2/h8-9H,3-7,10-11H2,1-2H3. The van der Waals surface area contributed by atoms with Gasteiger partial charge in [-0.25, -0.2) is 0 Å². The van der Waals surface area contributed by atoms with Crippen LogP contribution in [-0.2, 0) is 0 Å². The summed E-state index contributed by atoms with van der Waals surface area (Å²) in [5.74, 6) is 0. The minimum atomic E-state index is 0.283. The van der Waals surface area contributed by atoms with Gasteiger partial charge in [0.2, 0.25) is 0 Å². The van der Waals surface area contributed by atoms with Gasteiger partial charge < -0.3 is 0 Å². The molecule has 0 radical (unpaired) electrons. The molecule has 0 aromatic carbocycles. The zero-order valence-electron chi connectivity index (χ0n) is 8.10. The smallest absolute Gasteiger partial charge is 0.0209 e. The molecule has 0 aromatic rings. The monoisotopic (exact) mass is 170 g/mol. The predicted molar refractivity (Wildman–Crippen MR) is 57.1 cm³/mol. The van der Waals surface area contributed by atoms with E-state index >= 15 is 0 Å². The van der Waals surface area contributed by atoms with Crippen molar-refractivity contribution in [3.8, 4) is 0 Å². The van der Waals surface area contributed by atoms with E-state index in [1.165, 1.54) is 38.1 Å². The van der Waals surface area contributed by atoms with Crippen molar-refractivity contribution in [1.82, 2.24) is 0 Å². The molecule has 0 aliphatic carbocycles. The van der Waals surface area contributed by atoms with Crippen molar-refractivity contribution in [2.75, 3.05) is 0 Å². The van der Waals surface area contributed by atoms with E-state index in [9.17, 15) is 0 Å². The molecule has 0 N–H and O–H groups in total. The third-order valence-corrected chi connectivity index (χ3v) is 2.76. The fourth-order valence-electron chi connectivity index (χ4n) is 1.09. The molecule has 1 heteroatoms. The Kier molecular flexibility index (Phi) is 9.92. The van der Waals surface area contributed by atoms with Crippen LogP contribution >= 0.6 is 0 Å². The van der Waals surface area contributed by atoms with Crippen LogP contribution in [-0.4, -0.2) is 9.52 Å². The first-order valence-electron chi connectivity index (χ1n) is 5.06. The Hall–Kier alpha value is -0.0431. The van der Waals surface area contributed by atoms with Crippen LogP contribution < -0.4 is 0 Å². The second-order valence-electron chi connectivity index (χ2n) is 3.11. The van der Waals surface area contributed by atoms with Crippen molar-refractivity contribution in [3.63, 3.8) is 0 Å². The Morgan fingerprint density at radius 3 is 2.55 bits per heavy atom. The molecule has 0 unspecified atom stereocenters. The van der Waals surface area contributed by atoms with Crippen LogP contribution in [0, 0.1) is 0 Å². The quantitative estimate of drug-likeness (QED) is 0.313. The van der Waals surface area contributed by atoms with Crippen molar-refractivity contribution in [1.29, 1.82) is 0 Å². The number of allylic oxidation sites excluding steroid dienone is 2. The summed E-state index contributed by atoms with van der Waals surface area (Å²) in [5.41, 5.74) is 0. The minimum Gasteiger partial charge on any atom is -0.0918 e. The fraction of sp³-hybridized carbons (Fsp3) is 0.800. The molecule has 0 spiro atoms. The topological polar surface area (TPSA) is 0 Å². The first-order chi connectivity index (χ1) is 5.41. The first kappa shape index (κ1) is 11.0. The Morgan fingerprint density at radius 2 is 1.91 bits per heavy atom. The predicted octanol–water partition coefficient (Wildman–Crippen LogP) is 3.15. The molecule has 0 saturated carbocycles. The van der Waals surface area contributed by atoms with Crippen LogP contribution in [0.5, 0.6) is 0 Å². The van der Waals surface area contributed by atoms with Crippen molar-refractivity contribution in [3.05, 3.63) is 12.2 Å². The first-order valence-corrected chi connectivity index (χ1v) is 7.48. The molecule has 11 heavy (non-hydrogen) atoms. The number of hydrogen-bond donors (Lipinski definition) is 0. The lowest BCUT2D eigenvalue weighted by Crippen LogP contribution is -1.76. The van der Waals surface area contributed by atoms with Crippen molar-refractivity contribution in [2.45, 2.75) is 51.6 Å². The SMILES string of the molecule is CCCCCCC=CC[SiH2]C. The summed E-state index contributed by atoms with van der Waals surface area (Å²) in [6, 6.07) is 1.40. The highest BCUT2D eigenvalue weighted by molar-refractivity contribution is 6.34. The van der Waals surface area contributed by atoms with Crippen molar-refractivity contribution < 1.29 is 0 Å². The van der Waals surface area contributed by atoms with Gasteiger partial charge in [0.25, 0.3) is 0 Å². The lowest BCUT2D eigenvalue weighted by atomic mass is 10.1. The highest BCUT2D eigenvalue weighted by atomic mass is 28.2. The average Bonchev–Trinajstić information content (AvgIpc) is 2.03. The highest BCUT2D eigenvalue weighted by Gasteiger charge is 1.83. The normalized spacial score (nSPS) is 12.2. The largest absolute Gasteiger partial charge is 0.0918 e. The molecular weight excluding hydrogens is 148 g/mol. The van der Waals surface area contributed by atoms with Gasteiger partial charge in [-0.1, -0.05) is 44.9 Å². The van der Waals surface area contributed by atoms with Crippen LogP contribution in [0.3, 0.4) is 0 Å². The van der Waals surface area contributed by atoms with Gasteiger partial charge in [-0.2, -0.15) is 0 Å². The highest BCUT2D eigenvalue weighted by Crippen LogP contribution is 2.02. The number of unbranched alkanes of at least 4 members (excludes halogenated alkanes) is 4. The van der Waals surface area contributed by atoms with Gasteiger partial charge in [0.1, 0.15) is 0 Å². The van der Waals surface area contributed by atoms with Gasteiger partial charge >= 0.3 is 0 Å². The molecule has 0 aliphatic heterocycles. The number of rotatable bonds is 7. The van der Waals surface area contributed by atoms with E-state index in [1.807, 2.05) is 0 Å². The maximum atomic E-state index is 2.37. The van der Waals surface area contributed by atoms with Gasteiger partial charge in [-0.15, -0.1) is 0 Å². The van der Waals surface area contributed by atoms with E-state index in [0.29, 0.717) is 0 Å². The minimum absolute atomic E-state index is 0.283. The summed E-state index contributed by atoms with van der Waals surface area (Å²) < 4.78 is 0. The van der Waals surface area contributed by atoms with Crippen LogP contribution in [0.2, 0.25) is 12.6 Å². The van der Waals surface area contributed by atoms with Gasteiger partial charge in [-0.3, -0.25) is 0 Å². The average molecular weight is 170 g/mol. The second-order valence-corrected chi connectivity index (χ2v) is 4.69. The third kappa shape index (κ3) is 9.96. The molecule has 66 valence electrons. The lowest BCUT2D eigenvalue weighted by molar-refractivity contribution is 0.674. The molecular formula is C10H22Si. The Labute approximate surface area is 73.9 Å². The van der Waals surface area contributed by atoms with E-state index in [0.717, 1.165) is 0 Å². The molecule has 0 rings (SSSR count). The molecule has 0 aliphatic rings. The fourth-order valence-corrected chi connectivity index (χ4v) is 1.66. The summed E-state index contributed by atoms with van der Waals surface area (Å²) in [6.07, 6.45) is 11.6. The van der Waals surface area contributed by atoms with Gasteiger partial charge in [0, 0.05) is 9.52 Å². The van der Waals surface area contributed by atoms with Crippen molar-refractivity contribution in [2.24, 2.45) is 0 Å². The molecule has 0 atom stereocenters. The molecule has 0 fully saturated rings. The van der Waals surface area contributed by atoms with E-state index in [2.05, 4.69) is 25.6 Å². The Bertz CT molecular complexity index is 86.9. The third-order valence-electron chi connectivity index (χ3n) is 1.85. The van der Waals surface area contributed by atoms with Crippen LogP contribution in [0.15, 0.2) is 12.2 Å². The number of hydrogen-bond acceptors (Lipinski definition) is 0. The van der Waals surface area contributed by atoms with Crippen LogP contribution in [0.1, 0.15) is 39.0 Å². The summed E-state index contributed by atoms with van der Waals surface area (Å²) in [7, 11) is 0.283. The molecule has 0 saturated heterocycles. The summed E-state index contributed by atoms with van der Waals surface area (Å²) in [6.45, 7) is 4.62. The van der Waals surface area contributed by atoms with E-state index in [1.54, 1.807) is 0 Å². The van der Waals surface area contributed by atoms with Crippen LogP contribution in [0.4, 0.5) is 0 Å². The molecule has 0 bridgehead atoms. The molecule has 0 aromatic heterocycles. The van der Waals surface area contributed by atoms with E-state index in [4.69, 9.17) is 0 Å². The maximum absolute atomic E-state index is 2.37. The van der Waals surface area contributed by atoms with Gasteiger partial charge in [0.15, 0.2) is 0 Å². The Morgan fingerprint density at radius 1 is 1.09 bits per heavy atom. The van der Waals surface area contributed by atoms with E-state index in [-0.39, 0.29) is 9.52 Å². The van der Waals surface area contributed by atoms with Gasteiger partial charge in [-0.05, 0) is 18.9 Å². The summed E-state index contributed by atoms with van der Waals surface area (Å²) in [5, 5.41) is 0. The summed E-state index contributed by atoms with van der Waals surface area (Å²) in [4.78, 5) is 0. The van der Waals surface area contributed by atoms with E-state index < -0.39 is 0 Å².